The number of nitrogens with one attached hydrogen (secondary N) is 1. The number of halogens is 1. The predicted octanol–water partition coefficient (Wildman–Crippen LogP) is 3.68. The zero-order chi connectivity index (χ0) is 18.5. The lowest BCUT2D eigenvalue weighted by molar-refractivity contribution is -0.120. The number of hydrogen-bond donors (Lipinski definition) is 1. The molecule has 1 aromatic carbocycles. The highest BCUT2D eigenvalue weighted by Crippen LogP contribution is 2.31. The van der Waals surface area contributed by atoms with E-state index >= 15 is 0 Å². The molecule has 26 heavy (non-hydrogen) atoms. The fraction of sp³-hybridized carbons (Fsp3) is 0.556. The Morgan fingerprint density at radius 3 is 2.62 bits per heavy atom. The van der Waals surface area contributed by atoms with E-state index in [1.165, 1.54) is 43.2 Å². The van der Waals surface area contributed by atoms with Gasteiger partial charge in [-0.25, -0.2) is 9.07 Å². The molecule has 1 aromatic heterocycles. The Labute approximate surface area is 156 Å². The van der Waals surface area contributed by atoms with Gasteiger partial charge >= 0.3 is 0 Å². The average molecular weight is 377 g/mol. The summed E-state index contributed by atoms with van der Waals surface area (Å²) in [7, 11) is 0. The van der Waals surface area contributed by atoms with Crippen LogP contribution in [0.15, 0.2) is 29.4 Å². The van der Waals surface area contributed by atoms with E-state index in [0.29, 0.717) is 11.2 Å². The van der Waals surface area contributed by atoms with E-state index in [1.807, 2.05) is 18.5 Å². The van der Waals surface area contributed by atoms with Gasteiger partial charge in [0.25, 0.3) is 0 Å². The van der Waals surface area contributed by atoms with E-state index < -0.39 is 0 Å². The molecular formula is C18H24FN5OS. The van der Waals surface area contributed by atoms with Crippen LogP contribution >= 0.6 is 11.8 Å². The second kappa shape index (κ2) is 8.62. The fourth-order valence-electron chi connectivity index (χ4n) is 3.19. The highest BCUT2D eigenvalue weighted by molar-refractivity contribution is 8.00. The number of carbonyl (C=O) groups excluding carboxylic acids is 1. The monoisotopic (exact) mass is 377 g/mol. The molecule has 1 saturated carbocycles. The third-order valence-corrected chi connectivity index (χ3v) is 5.81. The summed E-state index contributed by atoms with van der Waals surface area (Å²) in [5, 5.41) is 15.4. The zero-order valence-electron chi connectivity index (χ0n) is 15.1. The largest absolute Gasteiger partial charge is 0.349 e. The molecule has 2 unspecified atom stereocenters. The smallest absolute Gasteiger partial charge is 0.233 e. The number of rotatable bonds is 6. The Balaban J connectivity index is 1.59. The van der Waals surface area contributed by atoms with Crippen LogP contribution in [0.3, 0.4) is 0 Å². The minimum Gasteiger partial charge on any atom is -0.349 e. The predicted molar refractivity (Wildman–Crippen MR) is 98.2 cm³/mol. The minimum atomic E-state index is -0.328. The van der Waals surface area contributed by atoms with Crippen LogP contribution in [0, 0.1) is 5.82 Å². The van der Waals surface area contributed by atoms with Gasteiger partial charge < -0.3 is 5.32 Å². The Morgan fingerprint density at radius 1 is 1.23 bits per heavy atom. The third kappa shape index (κ3) is 4.60. The maximum absolute atomic E-state index is 13.0. The van der Waals surface area contributed by atoms with Crippen LogP contribution in [0.4, 0.5) is 4.39 Å². The molecule has 0 saturated heterocycles. The molecule has 1 N–H and O–H groups in total. The van der Waals surface area contributed by atoms with Gasteiger partial charge in [-0.2, -0.15) is 0 Å². The zero-order valence-corrected chi connectivity index (χ0v) is 15.9. The van der Waals surface area contributed by atoms with Crippen molar-refractivity contribution in [2.24, 2.45) is 0 Å². The third-order valence-electron chi connectivity index (χ3n) is 4.76. The molecule has 1 aliphatic rings. The van der Waals surface area contributed by atoms with E-state index in [2.05, 4.69) is 20.8 Å². The summed E-state index contributed by atoms with van der Waals surface area (Å²) < 4.78 is 14.9. The highest BCUT2D eigenvalue weighted by atomic mass is 32.2. The lowest BCUT2D eigenvalue weighted by Crippen LogP contribution is -2.33. The Hall–Kier alpha value is -1.96. The van der Waals surface area contributed by atoms with Crippen LogP contribution in [0.5, 0.6) is 0 Å². The second-order valence-corrected chi connectivity index (χ2v) is 8.05. The summed E-state index contributed by atoms with van der Waals surface area (Å²) in [4.78, 5) is 12.5. The summed E-state index contributed by atoms with van der Waals surface area (Å²) >= 11 is 1.37. The summed E-state index contributed by atoms with van der Waals surface area (Å²) in [6, 6.07) is 6.29. The number of aromatic nitrogens is 4. The van der Waals surface area contributed by atoms with Crippen LogP contribution in [0.25, 0.3) is 0 Å². The molecule has 140 valence electrons. The topological polar surface area (TPSA) is 72.7 Å². The van der Waals surface area contributed by atoms with Crippen LogP contribution in [-0.4, -0.2) is 31.4 Å². The van der Waals surface area contributed by atoms with E-state index in [1.54, 1.807) is 12.1 Å². The molecule has 0 spiro atoms. The van der Waals surface area contributed by atoms with Crippen molar-refractivity contribution in [1.29, 1.82) is 0 Å². The van der Waals surface area contributed by atoms with E-state index in [-0.39, 0.29) is 23.0 Å². The van der Waals surface area contributed by atoms with Crippen molar-refractivity contribution in [3.05, 3.63) is 35.6 Å². The van der Waals surface area contributed by atoms with Crippen molar-refractivity contribution < 1.29 is 9.18 Å². The highest BCUT2D eigenvalue weighted by Gasteiger charge is 2.24. The second-order valence-electron chi connectivity index (χ2n) is 6.74. The van der Waals surface area contributed by atoms with Gasteiger partial charge in [-0.1, -0.05) is 43.2 Å². The van der Waals surface area contributed by atoms with Crippen molar-refractivity contribution in [3.8, 4) is 0 Å². The van der Waals surface area contributed by atoms with Crippen molar-refractivity contribution >= 4 is 17.7 Å². The van der Waals surface area contributed by atoms with Gasteiger partial charge in [0.1, 0.15) is 5.82 Å². The number of amides is 1. The van der Waals surface area contributed by atoms with E-state index in [0.717, 1.165) is 18.4 Å². The molecule has 0 bridgehead atoms. The van der Waals surface area contributed by atoms with E-state index in [9.17, 15) is 9.18 Å². The first-order chi connectivity index (χ1) is 12.5. The molecule has 1 heterocycles. The Morgan fingerprint density at radius 2 is 1.92 bits per heavy atom. The van der Waals surface area contributed by atoms with Crippen molar-refractivity contribution in [2.45, 2.75) is 68.4 Å². The Kier molecular flexibility index (Phi) is 6.24. The number of hydrogen-bond acceptors (Lipinski definition) is 5. The Bertz CT molecular complexity index is 729. The maximum Gasteiger partial charge on any atom is 0.233 e. The SMILES string of the molecule is CC(Sc1nnnn1C1CCCCC1)C(=O)NC(C)c1ccc(F)cc1. The van der Waals surface area contributed by atoms with Gasteiger partial charge in [0.05, 0.1) is 17.3 Å². The molecule has 2 aromatic rings. The summed E-state index contributed by atoms with van der Waals surface area (Å²) in [5.41, 5.74) is 0.865. The fourth-order valence-corrected chi connectivity index (χ4v) is 4.06. The summed E-state index contributed by atoms with van der Waals surface area (Å²) in [5.74, 6) is -0.379. The molecule has 8 heteroatoms. The van der Waals surface area contributed by atoms with Crippen molar-refractivity contribution in [1.82, 2.24) is 25.5 Å². The minimum absolute atomic E-state index is 0.0926. The number of tetrazole rings is 1. The number of nitrogens with zero attached hydrogens (tertiary/aromatic N) is 4. The average Bonchev–Trinajstić information content (AvgIpc) is 3.11. The van der Waals surface area contributed by atoms with Gasteiger partial charge in [0.15, 0.2) is 0 Å². The first-order valence-electron chi connectivity index (χ1n) is 9.05. The number of benzene rings is 1. The first-order valence-corrected chi connectivity index (χ1v) is 9.93. The van der Waals surface area contributed by atoms with Crippen LogP contribution in [0.2, 0.25) is 0 Å². The lowest BCUT2D eigenvalue weighted by Gasteiger charge is -2.23. The summed E-state index contributed by atoms with van der Waals surface area (Å²) in [6.45, 7) is 3.73. The normalized spacial score (nSPS) is 17.7. The quantitative estimate of drug-likeness (QED) is 0.778. The van der Waals surface area contributed by atoms with Gasteiger partial charge in [-0.3, -0.25) is 4.79 Å². The maximum atomic E-state index is 13.0. The van der Waals surface area contributed by atoms with Gasteiger partial charge in [0.2, 0.25) is 11.1 Å². The molecule has 0 radical (unpaired) electrons. The van der Waals surface area contributed by atoms with Crippen molar-refractivity contribution in [2.75, 3.05) is 0 Å². The number of thioether (sulfide) groups is 1. The molecule has 1 amide bonds. The van der Waals surface area contributed by atoms with Gasteiger partial charge in [-0.05, 0) is 54.8 Å². The summed E-state index contributed by atoms with van der Waals surface area (Å²) in [6.07, 6.45) is 5.82. The molecule has 0 aliphatic heterocycles. The molecule has 3 rings (SSSR count). The number of carbonyl (C=O) groups is 1. The lowest BCUT2D eigenvalue weighted by atomic mass is 9.96. The van der Waals surface area contributed by atoms with Gasteiger partial charge in [0, 0.05) is 0 Å². The molecule has 2 atom stereocenters. The molecule has 1 aliphatic carbocycles. The first kappa shape index (κ1) is 18.8. The van der Waals surface area contributed by atoms with Crippen LogP contribution in [0.1, 0.15) is 63.6 Å². The molecule has 6 nitrogen and oxygen atoms in total. The van der Waals surface area contributed by atoms with E-state index in [4.69, 9.17) is 0 Å². The standard InChI is InChI=1S/C18H24FN5OS/c1-12(14-8-10-15(19)11-9-14)20-17(25)13(2)26-18-21-22-23-24(18)16-6-4-3-5-7-16/h8-13,16H,3-7H2,1-2H3,(H,20,25). The molecular weight excluding hydrogens is 353 g/mol. The molecule has 1 fully saturated rings. The van der Waals surface area contributed by atoms with Crippen molar-refractivity contribution in [3.63, 3.8) is 0 Å². The van der Waals surface area contributed by atoms with Crippen LogP contribution < -0.4 is 5.32 Å². The van der Waals surface area contributed by atoms with Crippen LogP contribution in [-0.2, 0) is 4.79 Å². The van der Waals surface area contributed by atoms with Gasteiger partial charge in [-0.15, -0.1) is 5.10 Å².